The molecule has 4 N–H and O–H groups in total. The number of amides is 3. The summed E-state index contributed by atoms with van der Waals surface area (Å²) < 4.78 is 5.33. The summed E-state index contributed by atoms with van der Waals surface area (Å²) in [5, 5.41) is 10.7. The number of likely N-dealkylation sites (tertiary alicyclic amines) is 2. The molecule has 1 aromatic carbocycles. The number of nitrogens with one attached hydrogen (secondary N) is 2. The lowest BCUT2D eigenvalue weighted by Gasteiger charge is -2.35. The monoisotopic (exact) mass is 497 g/mol. The molecule has 1 saturated carbocycles. The maximum absolute atomic E-state index is 12.8. The van der Waals surface area contributed by atoms with Crippen molar-refractivity contribution >= 4 is 23.7 Å². The lowest BCUT2D eigenvalue weighted by molar-refractivity contribution is -0.156. The summed E-state index contributed by atoms with van der Waals surface area (Å²) in [4.78, 5) is 41.2. The maximum atomic E-state index is 12.8. The topological polar surface area (TPSA) is 129 Å². The van der Waals surface area contributed by atoms with Crippen LogP contribution in [-0.4, -0.2) is 72.4 Å². The Morgan fingerprint density at radius 3 is 2.14 bits per heavy atom. The van der Waals surface area contributed by atoms with Crippen molar-refractivity contribution in [3.63, 3.8) is 0 Å². The van der Waals surface area contributed by atoms with Crippen LogP contribution in [0.1, 0.15) is 74.8 Å². The first-order valence-electron chi connectivity index (χ1n) is 13.3. The van der Waals surface area contributed by atoms with E-state index in [0.29, 0.717) is 31.8 Å². The summed E-state index contributed by atoms with van der Waals surface area (Å²) in [6.45, 7) is 2.77. The molecule has 3 amide bonds. The number of esters is 1. The SMILES string of the molecule is N=C(N)c1ccc(C2CCN(C(=O)NC3CCC(C(=O)OCC(=O)N4CCCCC4)CC3)CC2)cc1. The number of rotatable bonds is 6. The van der Waals surface area contributed by atoms with E-state index in [-0.39, 0.29) is 42.3 Å². The molecular weight excluding hydrogens is 458 g/mol. The molecule has 2 aliphatic heterocycles. The number of urea groups is 1. The third kappa shape index (κ3) is 6.77. The highest BCUT2D eigenvalue weighted by molar-refractivity contribution is 5.94. The van der Waals surface area contributed by atoms with Crippen molar-refractivity contribution in [2.24, 2.45) is 11.7 Å². The average molecular weight is 498 g/mol. The van der Waals surface area contributed by atoms with Crippen LogP contribution in [0, 0.1) is 11.3 Å². The van der Waals surface area contributed by atoms with Gasteiger partial charge in [-0.25, -0.2) is 4.79 Å². The second kappa shape index (κ2) is 12.2. The van der Waals surface area contributed by atoms with Crippen LogP contribution in [0.5, 0.6) is 0 Å². The standard InChI is InChI=1S/C27H39N5O4/c28-25(29)21-6-4-19(5-7-21)20-12-16-32(17-13-20)27(35)30-23-10-8-22(9-11-23)26(34)36-18-24(33)31-14-2-1-3-15-31/h4-7,20,22-23H,1-3,8-18H2,(H3,28,29)(H,30,35). The molecule has 0 spiro atoms. The number of nitrogen functional groups attached to an aromatic ring is 1. The Bertz CT molecular complexity index is 928. The van der Waals surface area contributed by atoms with Gasteiger partial charge in [0.2, 0.25) is 0 Å². The first kappa shape index (κ1) is 26.0. The van der Waals surface area contributed by atoms with Gasteiger partial charge in [0.1, 0.15) is 5.84 Å². The minimum absolute atomic E-state index is 0.0291. The van der Waals surface area contributed by atoms with Gasteiger partial charge in [0.15, 0.2) is 6.61 Å². The highest BCUT2D eigenvalue weighted by Gasteiger charge is 2.31. The van der Waals surface area contributed by atoms with Crippen molar-refractivity contribution in [1.82, 2.24) is 15.1 Å². The zero-order chi connectivity index (χ0) is 25.5. The number of hydrogen-bond donors (Lipinski definition) is 3. The number of benzene rings is 1. The Labute approximate surface area is 213 Å². The molecule has 196 valence electrons. The van der Waals surface area contributed by atoms with E-state index in [0.717, 1.165) is 63.6 Å². The van der Waals surface area contributed by atoms with Crippen molar-refractivity contribution in [2.75, 3.05) is 32.8 Å². The van der Waals surface area contributed by atoms with Crippen molar-refractivity contribution in [1.29, 1.82) is 5.41 Å². The van der Waals surface area contributed by atoms with E-state index >= 15 is 0 Å². The molecule has 36 heavy (non-hydrogen) atoms. The van der Waals surface area contributed by atoms with Gasteiger partial charge in [0, 0.05) is 37.8 Å². The van der Waals surface area contributed by atoms with E-state index in [1.165, 1.54) is 5.56 Å². The van der Waals surface area contributed by atoms with Gasteiger partial charge < -0.3 is 25.6 Å². The molecule has 9 nitrogen and oxygen atoms in total. The fraction of sp³-hybridized carbons (Fsp3) is 0.630. The molecule has 1 aromatic rings. The lowest BCUT2D eigenvalue weighted by Crippen LogP contribution is -2.48. The summed E-state index contributed by atoms with van der Waals surface area (Å²) in [7, 11) is 0. The fourth-order valence-electron chi connectivity index (χ4n) is 5.58. The number of amidine groups is 1. The molecule has 3 aliphatic rings. The van der Waals surface area contributed by atoms with E-state index in [2.05, 4.69) is 5.32 Å². The van der Waals surface area contributed by atoms with E-state index in [1.807, 2.05) is 29.2 Å². The van der Waals surface area contributed by atoms with Crippen LogP contribution in [0.2, 0.25) is 0 Å². The molecule has 1 aliphatic carbocycles. The molecule has 0 bridgehead atoms. The van der Waals surface area contributed by atoms with Gasteiger partial charge in [-0.15, -0.1) is 0 Å². The average Bonchev–Trinajstić information content (AvgIpc) is 2.92. The molecule has 2 heterocycles. The zero-order valence-corrected chi connectivity index (χ0v) is 21.0. The molecule has 4 rings (SSSR count). The Kier molecular flexibility index (Phi) is 8.83. The molecule has 3 fully saturated rings. The number of carbonyl (C=O) groups excluding carboxylic acids is 3. The first-order chi connectivity index (χ1) is 17.4. The van der Waals surface area contributed by atoms with Crippen LogP contribution < -0.4 is 11.1 Å². The predicted molar refractivity (Wildman–Crippen MR) is 137 cm³/mol. The second-order valence-electron chi connectivity index (χ2n) is 10.3. The smallest absolute Gasteiger partial charge is 0.317 e. The van der Waals surface area contributed by atoms with E-state index in [9.17, 15) is 14.4 Å². The number of piperidine rings is 2. The Morgan fingerprint density at radius 2 is 1.53 bits per heavy atom. The summed E-state index contributed by atoms with van der Waals surface area (Å²) >= 11 is 0. The Morgan fingerprint density at radius 1 is 0.889 bits per heavy atom. The molecule has 0 aromatic heterocycles. The number of nitrogens with two attached hydrogens (primary N) is 1. The van der Waals surface area contributed by atoms with Gasteiger partial charge in [0.05, 0.1) is 5.92 Å². The van der Waals surface area contributed by atoms with E-state index < -0.39 is 0 Å². The van der Waals surface area contributed by atoms with Crippen molar-refractivity contribution in [3.05, 3.63) is 35.4 Å². The molecule has 0 radical (unpaired) electrons. The highest BCUT2D eigenvalue weighted by atomic mass is 16.5. The first-order valence-corrected chi connectivity index (χ1v) is 13.3. The fourth-order valence-corrected chi connectivity index (χ4v) is 5.58. The van der Waals surface area contributed by atoms with Gasteiger partial charge in [-0.3, -0.25) is 15.0 Å². The van der Waals surface area contributed by atoms with Crippen LogP contribution >= 0.6 is 0 Å². The summed E-state index contributed by atoms with van der Waals surface area (Å²) in [5.74, 6) is -0.109. The third-order valence-electron chi connectivity index (χ3n) is 7.91. The van der Waals surface area contributed by atoms with Crippen LogP contribution in [0.15, 0.2) is 24.3 Å². The minimum Gasteiger partial charge on any atom is -0.455 e. The van der Waals surface area contributed by atoms with E-state index in [4.69, 9.17) is 15.9 Å². The molecule has 0 unspecified atom stereocenters. The van der Waals surface area contributed by atoms with Gasteiger partial charge in [-0.1, -0.05) is 24.3 Å². The van der Waals surface area contributed by atoms with Gasteiger partial charge >= 0.3 is 12.0 Å². The van der Waals surface area contributed by atoms with Gasteiger partial charge in [0.25, 0.3) is 5.91 Å². The van der Waals surface area contributed by atoms with Crippen LogP contribution in [0.25, 0.3) is 0 Å². The lowest BCUT2D eigenvalue weighted by atomic mass is 9.86. The molecule has 0 atom stereocenters. The Balaban J connectivity index is 1.14. The van der Waals surface area contributed by atoms with Crippen LogP contribution in [0.4, 0.5) is 4.79 Å². The summed E-state index contributed by atoms with van der Waals surface area (Å²) in [6, 6.07) is 7.87. The molecule has 2 saturated heterocycles. The van der Waals surface area contributed by atoms with Crippen molar-refractivity contribution in [2.45, 2.75) is 69.7 Å². The predicted octanol–water partition coefficient (Wildman–Crippen LogP) is 2.97. The highest BCUT2D eigenvalue weighted by Crippen LogP contribution is 2.29. The zero-order valence-electron chi connectivity index (χ0n) is 21.0. The number of nitrogens with zero attached hydrogens (tertiary/aromatic N) is 2. The van der Waals surface area contributed by atoms with Crippen LogP contribution in [-0.2, 0) is 14.3 Å². The summed E-state index contributed by atoms with van der Waals surface area (Å²) in [6.07, 6.45) is 7.81. The Hall–Kier alpha value is -3.10. The van der Waals surface area contributed by atoms with Crippen molar-refractivity contribution in [3.8, 4) is 0 Å². The molecular formula is C27H39N5O4. The maximum Gasteiger partial charge on any atom is 0.317 e. The molecule has 9 heteroatoms. The normalized spacial score (nSPS) is 23.1. The minimum atomic E-state index is -0.288. The van der Waals surface area contributed by atoms with E-state index in [1.54, 1.807) is 4.90 Å². The van der Waals surface area contributed by atoms with Crippen molar-refractivity contribution < 1.29 is 19.1 Å². The van der Waals surface area contributed by atoms with Gasteiger partial charge in [-0.05, 0) is 69.3 Å². The van der Waals surface area contributed by atoms with Crippen LogP contribution in [0.3, 0.4) is 0 Å². The third-order valence-corrected chi connectivity index (χ3v) is 7.91. The number of hydrogen-bond acceptors (Lipinski definition) is 5. The summed E-state index contributed by atoms with van der Waals surface area (Å²) in [5.41, 5.74) is 7.49. The largest absolute Gasteiger partial charge is 0.455 e. The second-order valence-corrected chi connectivity index (χ2v) is 10.3. The number of carbonyl (C=O) groups is 3. The van der Waals surface area contributed by atoms with Gasteiger partial charge in [-0.2, -0.15) is 0 Å². The number of ether oxygens (including phenoxy) is 1. The quantitative estimate of drug-likeness (QED) is 0.316.